The van der Waals surface area contributed by atoms with E-state index in [0.29, 0.717) is 18.7 Å². The third-order valence-corrected chi connectivity index (χ3v) is 4.05. The van der Waals surface area contributed by atoms with Crippen molar-refractivity contribution in [2.24, 2.45) is 4.99 Å². The number of hydrogen-bond acceptors (Lipinski definition) is 3. The van der Waals surface area contributed by atoms with Crippen LogP contribution in [-0.2, 0) is 4.79 Å². The lowest BCUT2D eigenvalue weighted by molar-refractivity contribution is -0.127. The molecule has 1 unspecified atom stereocenters. The topological polar surface area (TPSA) is 66.0 Å². The summed E-state index contributed by atoms with van der Waals surface area (Å²) in [6.07, 6.45) is 2.36. The predicted molar refractivity (Wildman–Crippen MR) is 116 cm³/mol. The molecule has 0 aliphatic carbocycles. The van der Waals surface area contributed by atoms with Crippen LogP contribution in [0, 0.1) is 5.82 Å². The Morgan fingerprint density at radius 2 is 2.22 bits per heavy atom. The lowest BCUT2D eigenvalue weighted by Crippen LogP contribution is -2.39. The largest absolute Gasteiger partial charge is 0.489 e. The van der Waals surface area contributed by atoms with Gasteiger partial charge in [0.1, 0.15) is 17.7 Å². The highest BCUT2D eigenvalue weighted by atomic mass is 127. The minimum Gasteiger partial charge on any atom is -0.489 e. The van der Waals surface area contributed by atoms with Crippen LogP contribution in [0.3, 0.4) is 0 Å². The van der Waals surface area contributed by atoms with Crippen molar-refractivity contribution >= 4 is 35.8 Å². The molecule has 2 rings (SSSR count). The van der Waals surface area contributed by atoms with Crippen LogP contribution in [0.1, 0.15) is 33.1 Å². The molecule has 0 aromatic heterocycles. The first kappa shape index (κ1) is 23.5. The molecule has 1 aromatic rings. The molecule has 0 bridgehead atoms. The van der Waals surface area contributed by atoms with Gasteiger partial charge in [-0.15, -0.1) is 24.0 Å². The number of ether oxygens (including phenoxy) is 1. The van der Waals surface area contributed by atoms with Gasteiger partial charge < -0.3 is 20.3 Å². The Hall–Kier alpha value is -1.58. The second-order valence-corrected chi connectivity index (χ2v) is 6.37. The molecule has 1 aliphatic rings. The third kappa shape index (κ3) is 8.77. The van der Waals surface area contributed by atoms with Gasteiger partial charge in [0.15, 0.2) is 5.96 Å². The first-order valence-corrected chi connectivity index (χ1v) is 9.30. The Labute approximate surface area is 178 Å². The van der Waals surface area contributed by atoms with Crippen molar-refractivity contribution in [3.05, 3.63) is 30.1 Å². The lowest BCUT2D eigenvalue weighted by Gasteiger charge is -2.17. The molecule has 1 saturated heterocycles. The third-order valence-electron chi connectivity index (χ3n) is 4.05. The molecule has 0 spiro atoms. The lowest BCUT2D eigenvalue weighted by atomic mass is 10.3. The predicted octanol–water partition coefficient (Wildman–Crippen LogP) is 2.78. The molecule has 152 valence electrons. The van der Waals surface area contributed by atoms with Crippen molar-refractivity contribution in [2.45, 2.75) is 39.2 Å². The molecule has 1 aliphatic heterocycles. The summed E-state index contributed by atoms with van der Waals surface area (Å²) < 4.78 is 18.9. The number of hydrogen-bond donors (Lipinski definition) is 2. The summed E-state index contributed by atoms with van der Waals surface area (Å²) in [7, 11) is 0. The van der Waals surface area contributed by atoms with Gasteiger partial charge in [0.2, 0.25) is 5.91 Å². The average molecular weight is 492 g/mol. The maximum atomic E-state index is 13.2. The van der Waals surface area contributed by atoms with E-state index in [1.54, 1.807) is 12.1 Å². The molecule has 0 radical (unpaired) electrons. The van der Waals surface area contributed by atoms with E-state index < -0.39 is 0 Å². The summed E-state index contributed by atoms with van der Waals surface area (Å²) in [6.45, 7) is 7.52. The van der Waals surface area contributed by atoms with E-state index in [4.69, 9.17) is 4.74 Å². The molecule has 8 heteroatoms. The van der Waals surface area contributed by atoms with Crippen molar-refractivity contribution in [3.63, 3.8) is 0 Å². The molecule has 6 nitrogen and oxygen atoms in total. The van der Waals surface area contributed by atoms with Gasteiger partial charge in [-0.2, -0.15) is 0 Å². The molecule has 1 fully saturated rings. The number of amides is 1. The number of aliphatic imine (C=N–C) groups is 1. The van der Waals surface area contributed by atoms with E-state index in [0.717, 1.165) is 45.0 Å². The first-order chi connectivity index (χ1) is 12.6. The smallest absolute Gasteiger partial charge is 0.222 e. The van der Waals surface area contributed by atoms with Crippen LogP contribution < -0.4 is 15.4 Å². The molecule has 1 aromatic carbocycles. The van der Waals surface area contributed by atoms with Crippen molar-refractivity contribution in [1.82, 2.24) is 15.5 Å². The first-order valence-electron chi connectivity index (χ1n) is 9.30. The van der Waals surface area contributed by atoms with Crippen LogP contribution in [-0.4, -0.2) is 55.6 Å². The highest BCUT2D eigenvalue weighted by Crippen LogP contribution is 2.13. The van der Waals surface area contributed by atoms with E-state index in [-0.39, 0.29) is 41.8 Å². The molecule has 1 heterocycles. The van der Waals surface area contributed by atoms with Gasteiger partial charge in [0.05, 0.1) is 6.54 Å². The molecular formula is C19H30FIN4O2. The number of carbonyl (C=O) groups is 1. The van der Waals surface area contributed by atoms with E-state index in [1.807, 2.05) is 18.7 Å². The van der Waals surface area contributed by atoms with Gasteiger partial charge >= 0.3 is 0 Å². The second kappa shape index (κ2) is 12.7. The number of guanidine groups is 1. The Balaban J connectivity index is 0.00000364. The van der Waals surface area contributed by atoms with Crippen LogP contribution in [0.2, 0.25) is 0 Å². The number of rotatable bonds is 9. The number of benzene rings is 1. The Morgan fingerprint density at radius 3 is 2.89 bits per heavy atom. The van der Waals surface area contributed by atoms with E-state index in [9.17, 15) is 9.18 Å². The standard InChI is InChI=1S/C19H29FN4O2.HI/c1-3-21-19(22-10-6-12-24-11-5-9-18(24)25)23-14-15(2)26-17-8-4-7-16(20)13-17;/h4,7-8,13,15H,3,5-6,9-12,14H2,1-2H3,(H2,21,22,23);1H. The summed E-state index contributed by atoms with van der Waals surface area (Å²) >= 11 is 0. The van der Waals surface area contributed by atoms with Crippen LogP contribution in [0.15, 0.2) is 29.3 Å². The fourth-order valence-corrected chi connectivity index (χ4v) is 2.79. The average Bonchev–Trinajstić information content (AvgIpc) is 3.01. The molecule has 2 N–H and O–H groups in total. The van der Waals surface area contributed by atoms with Gasteiger partial charge in [-0.25, -0.2) is 9.38 Å². The van der Waals surface area contributed by atoms with Crippen LogP contribution in [0.4, 0.5) is 4.39 Å². The molecule has 1 amide bonds. The summed E-state index contributed by atoms with van der Waals surface area (Å²) in [5.41, 5.74) is 0. The number of halogens is 2. The number of carbonyl (C=O) groups excluding carboxylic acids is 1. The highest BCUT2D eigenvalue weighted by Gasteiger charge is 2.18. The van der Waals surface area contributed by atoms with Crippen LogP contribution >= 0.6 is 24.0 Å². The zero-order valence-corrected chi connectivity index (χ0v) is 18.4. The maximum Gasteiger partial charge on any atom is 0.222 e. The Bertz CT molecular complexity index is 615. The zero-order chi connectivity index (χ0) is 18.8. The normalized spacial score (nSPS) is 15.3. The van der Waals surface area contributed by atoms with Gasteiger partial charge in [-0.05, 0) is 38.8 Å². The molecule has 0 saturated carbocycles. The van der Waals surface area contributed by atoms with E-state index in [1.165, 1.54) is 12.1 Å². The van der Waals surface area contributed by atoms with Crippen LogP contribution in [0.25, 0.3) is 0 Å². The SMILES string of the molecule is CCNC(=NCC(C)Oc1cccc(F)c1)NCCCN1CCCC1=O.I. The fourth-order valence-electron chi connectivity index (χ4n) is 2.79. The van der Waals surface area contributed by atoms with E-state index >= 15 is 0 Å². The zero-order valence-electron chi connectivity index (χ0n) is 16.0. The number of nitrogens with one attached hydrogen (secondary N) is 2. The van der Waals surface area contributed by atoms with Gasteiger partial charge in [0, 0.05) is 38.7 Å². The van der Waals surface area contributed by atoms with Gasteiger partial charge in [0.25, 0.3) is 0 Å². The number of nitrogens with zero attached hydrogens (tertiary/aromatic N) is 2. The van der Waals surface area contributed by atoms with Gasteiger partial charge in [-0.1, -0.05) is 6.07 Å². The van der Waals surface area contributed by atoms with Crippen molar-refractivity contribution in [2.75, 3.05) is 32.7 Å². The molecule has 1 atom stereocenters. The molecular weight excluding hydrogens is 462 g/mol. The number of likely N-dealkylation sites (tertiary alicyclic amines) is 1. The summed E-state index contributed by atoms with van der Waals surface area (Å²) in [5.74, 6) is 1.16. The highest BCUT2D eigenvalue weighted by molar-refractivity contribution is 14.0. The summed E-state index contributed by atoms with van der Waals surface area (Å²) in [6, 6.07) is 6.10. The minimum absolute atomic E-state index is 0. The second-order valence-electron chi connectivity index (χ2n) is 6.37. The maximum absolute atomic E-state index is 13.2. The van der Waals surface area contributed by atoms with Crippen molar-refractivity contribution < 1.29 is 13.9 Å². The minimum atomic E-state index is -0.315. The van der Waals surface area contributed by atoms with Crippen molar-refractivity contribution in [1.29, 1.82) is 0 Å². The van der Waals surface area contributed by atoms with Crippen LogP contribution in [0.5, 0.6) is 5.75 Å². The van der Waals surface area contributed by atoms with Crippen molar-refractivity contribution in [3.8, 4) is 5.75 Å². The Morgan fingerprint density at radius 1 is 1.41 bits per heavy atom. The molecule has 27 heavy (non-hydrogen) atoms. The van der Waals surface area contributed by atoms with Gasteiger partial charge in [-0.3, -0.25) is 4.79 Å². The monoisotopic (exact) mass is 492 g/mol. The van der Waals surface area contributed by atoms with E-state index in [2.05, 4.69) is 15.6 Å². The Kier molecular flexibility index (Phi) is 11.1. The summed E-state index contributed by atoms with van der Waals surface area (Å²) in [5, 5.41) is 6.46. The summed E-state index contributed by atoms with van der Waals surface area (Å²) in [4.78, 5) is 18.0. The quantitative estimate of drug-likeness (QED) is 0.241. The fraction of sp³-hybridized carbons (Fsp3) is 0.579.